The minimum absolute atomic E-state index is 0.0476. The molecule has 4 heteroatoms. The van der Waals surface area contributed by atoms with Crippen molar-refractivity contribution in [2.45, 2.75) is 123 Å². The molecule has 1 heterocycles. The Labute approximate surface area is 167 Å². The molecule has 4 nitrogen and oxygen atoms in total. The first-order valence-electron chi connectivity index (χ1n) is 11.5. The Morgan fingerprint density at radius 2 is 1.22 bits per heavy atom. The van der Waals surface area contributed by atoms with E-state index in [4.69, 9.17) is 5.11 Å². The van der Waals surface area contributed by atoms with E-state index in [-0.39, 0.29) is 6.54 Å². The largest absolute Gasteiger partial charge is 0.478 e. The maximum Gasteiger partial charge on any atom is 0.346 e. The molecule has 1 N–H and O–H groups in total. The first kappa shape index (κ1) is 23.7. The lowest BCUT2D eigenvalue weighted by Crippen LogP contribution is -2.35. The number of nitrogens with zero attached hydrogens (tertiary/aromatic N) is 2. The van der Waals surface area contributed by atoms with E-state index in [0.717, 1.165) is 6.54 Å². The normalized spacial score (nSPS) is 11.1. The monoisotopic (exact) mass is 379 g/mol. The Morgan fingerprint density at radius 3 is 1.67 bits per heavy atom. The molecule has 1 aromatic rings. The molecule has 0 unspecified atom stereocenters. The van der Waals surface area contributed by atoms with Crippen LogP contribution in [0.5, 0.6) is 0 Å². The van der Waals surface area contributed by atoms with E-state index >= 15 is 0 Å². The summed E-state index contributed by atoms with van der Waals surface area (Å²) in [5.41, 5.74) is 0. The predicted octanol–water partition coefficient (Wildman–Crippen LogP) is 6.12. The highest BCUT2D eigenvalue weighted by Gasteiger charge is 2.06. The molecule has 0 fully saturated rings. The van der Waals surface area contributed by atoms with Gasteiger partial charge in [-0.3, -0.25) is 0 Å². The van der Waals surface area contributed by atoms with E-state index in [2.05, 4.69) is 11.5 Å². The van der Waals surface area contributed by atoms with Crippen molar-refractivity contribution in [2.24, 2.45) is 0 Å². The fraction of sp³-hybridized carbons (Fsp3) is 0.826. The number of aryl methyl sites for hydroxylation is 1. The number of hydrogen-bond donors (Lipinski definition) is 1. The van der Waals surface area contributed by atoms with Gasteiger partial charge < -0.3 is 5.11 Å². The summed E-state index contributed by atoms with van der Waals surface area (Å²) < 4.78 is 3.81. The van der Waals surface area contributed by atoms with Crippen molar-refractivity contribution >= 4 is 5.97 Å². The molecule has 0 saturated carbocycles. The van der Waals surface area contributed by atoms with Crippen molar-refractivity contribution in [3.05, 3.63) is 18.7 Å². The fourth-order valence-corrected chi connectivity index (χ4v) is 3.66. The zero-order chi connectivity index (χ0) is 19.6. The Hall–Kier alpha value is -1.32. The number of carboxylic acids is 1. The van der Waals surface area contributed by atoms with Gasteiger partial charge in [-0.15, -0.1) is 0 Å². The van der Waals surface area contributed by atoms with Gasteiger partial charge in [-0.2, -0.15) is 0 Å². The third kappa shape index (κ3) is 14.4. The molecular weight excluding hydrogens is 336 g/mol. The second kappa shape index (κ2) is 16.8. The second-order valence-corrected chi connectivity index (χ2v) is 8.02. The highest BCUT2D eigenvalue weighted by atomic mass is 16.4. The lowest BCUT2D eigenvalue weighted by atomic mass is 10.0. The topological polar surface area (TPSA) is 46.1 Å². The zero-order valence-electron chi connectivity index (χ0n) is 17.7. The van der Waals surface area contributed by atoms with Gasteiger partial charge in [0, 0.05) is 0 Å². The highest BCUT2D eigenvalue weighted by molar-refractivity contribution is 5.64. The van der Waals surface area contributed by atoms with Gasteiger partial charge in [0.15, 0.2) is 6.54 Å². The van der Waals surface area contributed by atoms with E-state index < -0.39 is 5.97 Å². The first-order chi connectivity index (χ1) is 13.2. The highest BCUT2D eigenvalue weighted by Crippen LogP contribution is 2.13. The summed E-state index contributed by atoms with van der Waals surface area (Å²) in [6.45, 7) is 3.32. The van der Waals surface area contributed by atoms with Crippen LogP contribution in [0.1, 0.15) is 110 Å². The number of aliphatic carboxylic acids is 1. The summed E-state index contributed by atoms with van der Waals surface area (Å²) in [7, 11) is 0. The van der Waals surface area contributed by atoms with Gasteiger partial charge in [0.05, 0.1) is 6.54 Å². The quantitative estimate of drug-likeness (QED) is 0.232. The number of carboxylic acid groups (broad SMARTS) is 1. The maximum atomic E-state index is 10.7. The number of aromatic nitrogens is 2. The van der Waals surface area contributed by atoms with Crippen LogP contribution < -0.4 is 4.57 Å². The van der Waals surface area contributed by atoms with Gasteiger partial charge in [0.2, 0.25) is 6.33 Å². The Kier molecular flexibility index (Phi) is 14.8. The lowest BCUT2D eigenvalue weighted by Gasteiger charge is -2.03. The van der Waals surface area contributed by atoms with Crippen molar-refractivity contribution in [3.8, 4) is 0 Å². The number of hydrogen-bond acceptors (Lipinski definition) is 1. The third-order valence-corrected chi connectivity index (χ3v) is 5.33. The lowest BCUT2D eigenvalue weighted by molar-refractivity contribution is -0.685. The molecule has 0 radical (unpaired) electrons. The van der Waals surface area contributed by atoms with Gasteiger partial charge in [0.25, 0.3) is 0 Å². The molecule has 0 bridgehead atoms. The first-order valence-corrected chi connectivity index (χ1v) is 11.5. The second-order valence-electron chi connectivity index (χ2n) is 8.02. The van der Waals surface area contributed by atoms with Crippen LogP contribution in [-0.2, 0) is 17.9 Å². The van der Waals surface area contributed by atoms with E-state index in [9.17, 15) is 4.79 Å². The van der Waals surface area contributed by atoms with E-state index in [0.29, 0.717) is 0 Å². The van der Waals surface area contributed by atoms with Gasteiger partial charge >= 0.3 is 5.97 Å². The van der Waals surface area contributed by atoms with E-state index in [1.54, 1.807) is 4.57 Å². The van der Waals surface area contributed by atoms with Crippen molar-refractivity contribution in [1.82, 2.24) is 4.57 Å². The van der Waals surface area contributed by atoms with Gasteiger partial charge in [0.1, 0.15) is 12.4 Å². The molecule has 0 atom stereocenters. The average Bonchev–Trinajstić information content (AvgIpc) is 3.08. The predicted molar refractivity (Wildman–Crippen MR) is 112 cm³/mol. The molecule has 0 aromatic carbocycles. The van der Waals surface area contributed by atoms with Crippen molar-refractivity contribution in [1.29, 1.82) is 0 Å². The maximum absolute atomic E-state index is 10.7. The fourth-order valence-electron chi connectivity index (χ4n) is 3.66. The van der Waals surface area contributed by atoms with Crippen LogP contribution >= 0.6 is 0 Å². The Morgan fingerprint density at radius 1 is 0.778 bits per heavy atom. The van der Waals surface area contributed by atoms with Crippen LogP contribution in [0.2, 0.25) is 0 Å². The summed E-state index contributed by atoms with van der Waals surface area (Å²) in [5.74, 6) is -0.792. The summed E-state index contributed by atoms with van der Waals surface area (Å²) in [4.78, 5) is 10.7. The summed E-state index contributed by atoms with van der Waals surface area (Å²) in [6.07, 6.45) is 27.9. The Bertz CT molecular complexity index is 471. The van der Waals surface area contributed by atoms with Crippen LogP contribution in [0.4, 0.5) is 0 Å². The van der Waals surface area contributed by atoms with Gasteiger partial charge in [-0.25, -0.2) is 13.9 Å². The van der Waals surface area contributed by atoms with Gasteiger partial charge in [-0.05, 0) is 12.8 Å². The van der Waals surface area contributed by atoms with Crippen molar-refractivity contribution in [2.75, 3.05) is 0 Å². The molecule has 0 aliphatic rings. The summed E-state index contributed by atoms with van der Waals surface area (Å²) in [5, 5.41) is 8.77. The number of imidazole rings is 1. The molecule has 1 rings (SSSR count). The standard InChI is InChI=1S/C23H42N2O2/c1-2-3-4-5-6-7-8-9-10-11-12-13-14-15-16-17-18-24-19-20-25(22-24)21-23(26)27/h19-20,22H,2-18,21H2,1H3/p+1. The molecule has 0 aliphatic carbocycles. The smallest absolute Gasteiger partial charge is 0.346 e. The molecule has 0 spiro atoms. The van der Waals surface area contributed by atoms with Crippen molar-refractivity contribution in [3.63, 3.8) is 0 Å². The Balaban J connectivity index is 1.79. The molecule has 1 aromatic heterocycles. The number of rotatable bonds is 19. The van der Waals surface area contributed by atoms with Crippen LogP contribution in [0.3, 0.4) is 0 Å². The van der Waals surface area contributed by atoms with Crippen LogP contribution in [0, 0.1) is 0 Å². The zero-order valence-corrected chi connectivity index (χ0v) is 17.7. The van der Waals surface area contributed by atoms with Crippen LogP contribution in [-0.4, -0.2) is 15.6 Å². The van der Waals surface area contributed by atoms with E-state index in [1.165, 1.54) is 103 Å². The molecule has 0 saturated heterocycles. The summed E-state index contributed by atoms with van der Waals surface area (Å²) in [6, 6.07) is 0. The number of carbonyl (C=O) groups is 1. The van der Waals surface area contributed by atoms with Gasteiger partial charge in [-0.1, -0.05) is 96.8 Å². The number of unbranched alkanes of at least 4 members (excludes halogenated alkanes) is 15. The van der Waals surface area contributed by atoms with E-state index in [1.807, 2.05) is 18.7 Å². The SMILES string of the molecule is CCCCCCCCCCCCCCCCCCn1cc[n+](CC(=O)O)c1. The molecule has 0 amide bonds. The third-order valence-electron chi connectivity index (χ3n) is 5.33. The average molecular weight is 380 g/mol. The summed E-state index contributed by atoms with van der Waals surface area (Å²) >= 11 is 0. The molecule has 27 heavy (non-hydrogen) atoms. The van der Waals surface area contributed by atoms with Crippen LogP contribution in [0.25, 0.3) is 0 Å². The minimum Gasteiger partial charge on any atom is -0.478 e. The van der Waals surface area contributed by atoms with Crippen molar-refractivity contribution < 1.29 is 14.5 Å². The molecule has 156 valence electrons. The molecular formula is C23H43N2O2+. The molecule has 0 aliphatic heterocycles. The van der Waals surface area contributed by atoms with Crippen LogP contribution in [0.15, 0.2) is 18.7 Å². The minimum atomic E-state index is -0.792.